The number of hydrogen-bond donors (Lipinski definition) is 1. The Morgan fingerprint density at radius 1 is 1.39 bits per heavy atom. The van der Waals surface area contributed by atoms with Crippen LogP contribution in [0.25, 0.3) is 11.3 Å². The number of rotatable bonds is 4. The lowest BCUT2D eigenvalue weighted by atomic mass is 10.1. The van der Waals surface area contributed by atoms with Gasteiger partial charge in [-0.05, 0) is 26.0 Å². The van der Waals surface area contributed by atoms with Crippen molar-refractivity contribution in [2.45, 2.75) is 20.3 Å². The molecule has 0 unspecified atom stereocenters. The van der Waals surface area contributed by atoms with Crippen molar-refractivity contribution >= 4 is 22.4 Å². The summed E-state index contributed by atoms with van der Waals surface area (Å²) >= 11 is 1.41. The number of aromatic nitrogens is 4. The molecule has 3 aromatic heterocycles. The zero-order chi connectivity index (χ0) is 16.4. The number of anilines is 1. The second kappa shape index (κ2) is 6.29. The summed E-state index contributed by atoms with van der Waals surface area (Å²) in [5.41, 5.74) is 4.60. The number of amides is 1. The third-order valence-electron chi connectivity index (χ3n) is 3.70. The van der Waals surface area contributed by atoms with E-state index in [9.17, 15) is 4.79 Å². The standard InChI is InChI=1S/C16H17N5OS/c1-10-13(11(2)21(3)20-10)7-15(22)19-16-18-14(9-23-16)12-5-4-6-17-8-12/h4-6,8-9H,7H2,1-3H3,(H,18,19,22). The fraction of sp³-hybridized carbons (Fsp3) is 0.250. The molecule has 7 heteroatoms. The molecular formula is C16H17N5OS. The zero-order valence-electron chi connectivity index (χ0n) is 13.2. The van der Waals surface area contributed by atoms with E-state index in [1.807, 2.05) is 38.4 Å². The molecule has 1 N–H and O–H groups in total. The van der Waals surface area contributed by atoms with Crippen molar-refractivity contribution < 1.29 is 4.79 Å². The van der Waals surface area contributed by atoms with Gasteiger partial charge in [-0.15, -0.1) is 11.3 Å². The third kappa shape index (κ3) is 3.29. The highest BCUT2D eigenvalue weighted by atomic mass is 32.1. The van der Waals surface area contributed by atoms with Gasteiger partial charge in [-0.2, -0.15) is 5.10 Å². The molecule has 0 saturated heterocycles. The number of nitrogens with zero attached hydrogens (tertiary/aromatic N) is 4. The molecule has 118 valence electrons. The topological polar surface area (TPSA) is 72.7 Å². The Bertz CT molecular complexity index is 838. The Morgan fingerprint density at radius 3 is 2.87 bits per heavy atom. The molecule has 0 aliphatic carbocycles. The predicted octanol–water partition coefficient (Wildman–Crippen LogP) is 2.74. The van der Waals surface area contributed by atoms with Crippen LogP contribution in [-0.4, -0.2) is 25.7 Å². The largest absolute Gasteiger partial charge is 0.302 e. The van der Waals surface area contributed by atoms with Gasteiger partial charge in [-0.3, -0.25) is 14.5 Å². The van der Waals surface area contributed by atoms with E-state index in [4.69, 9.17) is 0 Å². The summed E-state index contributed by atoms with van der Waals surface area (Å²) in [4.78, 5) is 20.8. The van der Waals surface area contributed by atoms with E-state index in [2.05, 4.69) is 20.4 Å². The van der Waals surface area contributed by atoms with Crippen LogP contribution in [0.15, 0.2) is 29.9 Å². The molecule has 0 aliphatic rings. The first-order chi connectivity index (χ1) is 11.0. The van der Waals surface area contributed by atoms with Crippen molar-refractivity contribution in [1.82, 2.24) is 19.7 Å². The minimum Gasteiger partial charge on any atom is -0.302 e. The van der Waals surface area contributed by atoms with E-state index in [0.29, 0.717) is 11.6 Å². The number of carbonyl (C=O) groups excluding carboxylic acids is 1. The first-order valence-electron chi connectivity index (χ1n) is 7.19. The van der Waals surface area contributed by atoms with Gasteiger partial charge >= 0.3 is 0 Å². The summed E-state index contributed by atoms with van der Waals surface area (Å²) in [5, 5.41) is 9.69. The van der Waals surface area contributed by atoms with Crippen LogP contribution in [0.4, 0.5) is 5.13 Å². The van der Waals surface area contributed by atoms with Gasteiger partial charge in [0, 0.05) is 41.6 Å². The molecule has 23 heavy (non-hydrogen) atoms. The molecule has 1 amide bonds. The third-order valence-corrected chi connectivity index (χ3v) is 4.46. The van der Waals surface area contributed by atoms with Crippen molar-refractivity contribution in [3.8, 4) is 11.3 Å². The maximum atomic E-state index is 12.2. The van der Waals surface area contributed by atoms with Crippen molar-refractivity contribution in [3.63, 3.8) is 0 Å². The molecule has 0 aromatic carbocycles. The molecule has 0 spiro atoms. The van der Waals surface area contributed by atoms with Crippen LogP contribution < -0.4 is 5.32 Å². The summed E-state index contributed by atoms with van der Waals surface area (Å²) in [6, 6.07) is 3.80. The monoisotopic (exact) mass is 327 g/mol. The minimum atomic E-state index is -0.0868. The number of hydrogen-bond acceptors (Lipinski definition) is 5. The average molecular weight is 327 g/mol. The molecule has 0 radical (unpaired) electrons. The van der Waals surface area contributed by atoms with Crippen molar-refractivity contribution in [1.29, 1.82) is 0 Å². The highest BCUT2D eigenvalue weighted by molar-refractivity contribution is 7.14. The predicted molar refractivity (Wildman–Crippen MR) is 90.4 cm³/mol. The normalized spacial score (nSPS) is 10.7. The molecule has 0 aliphatic heterocycles. The lowest BCUT2D eigenvalue weighted by Gasteiger charge is -2.02. The highest BCUT2D eigenvalue weighted by Crippen LogP contribution is 2.24. The van der Waals surface area contributed by atoms with E-state index in [1.54, 1.807) is 17.1 Å². The number of carbonyl (C=O) groups is 1. The van der Waals surface area contributed by atoms with Crippen LogP contribution in [0.5, 0.6) is 0 Å². The Kier molecular flexibility index (Phi) is 4.20. The van der Waals surface area contributed by atoms with E-state index >= 15 is 0 Å². The smallest absolute Gasteiger partial charge is 0.230 e. The first-order valence-corrected chi connectivity index (χ1v) is 8.07. The van der Waals surface area contributed by atoms with E-state index in [0.717, 1.165) is 28.2 Å². The highest BCUT2D eigenvalue weighted by Gasteiger charge is 2.15. The Hall–Kier alpha value is -2.54. The first kappa shape index (κ1) is 15.4. The van der Waals surface area contributed by atoms with Crippen LogP contribution >= 0.6 is 11.3 Å². The lowest BCUT2D eigenvalue weighted by molar-refractivity contribution is -0.115. The molecule has 0 fully saturated rings. The second-order valence-electron chi connectivity index (χ2n) is 5.28. The van der Waals surface area contributed by atoms with Gasteiger partial charge in [-0.25, -0.2) is 4.98 Å². The number of pyridine rings is 1. The Balaban J connectivity index is 1.70. The number of thiazole rings is 1. The van der Waals surface area contributed by atoms with Gasteiger partial charge in [0.25, 0.3) is 0 Å². The van der Waals surface area contributed by atoms with Gasteiger partial charge in [0.05, 0.1) is 17.8 Å². The Labute approximate surface area is 138 Å². The van der Waals surface area contributed by atoms with Gasteiger partial charge in [0.2, 0.25) is 5.91 Å². The summed E-state index contributed by atoms with van der Waals surface area (Å²) < 4.78 is 1.79. The number of aryl methyl sites for hydroxylation is 2. The lowest BCUT2D eigenvalue weighted by Crippen LogP contribution is -2.15. The zero-order valence-corrected chi connectivity index (χ0v) is 14.0. The molecule has 6 nitrogen and oxygen atoms in total. The van der Waals surface area contributed by atoms with E-state index < -0.39 is 0 Å². The summed E-state index contributed by atoms with van der Waals surface area (Å²) in [6.07, 6.45) is 3.77. The summed E-state index contributed by atoms with van der Waals surface area (Å²) in [7, 11) is 1.88. The van der Waals surface area contributed by atoms with Gasteiger partial charge in [0.1, 0.15) is 0 Å². The van der Waals surface area contributed by atoms with Crippen LogP contribution in [0.3, 0.4) is 0 Å². The molecule has 0 bridgehead atoms. The van der Waals surface area contributed by atoms with E-state index in [-0.39, 0.29) is 5.91 Å². The molecule has 0 atom stereocenters. The quantitative estimate of drug-likeness (QED) is 0.800. The van der Waals surface area contributed by atoms with Crippen molar-refractivity contribution in [2.24, 2.45) is 7.05 Å². The second-order valence-corrected chi connectivity index (χ2v) is 6.14. The maximum Gasteiger partial charge on any atom is 0.230 e. The summed E-state index contributed by atoms with van der Waals surface area (Å²) in [6.45, 7) is 3.88. The molecular weight excluding hydrogens is 310 g/mol. The fourth-order valence-electron chi connectivity index (χ4n) is 2.38. The van der Waals surface area contributed by atoms with Gasteiger partial charge in [-0.1, -0.05) is 0 Å². The molecule has 3 rings (SSSR count). The summed E-state index contributed by atoms with van der Waals surface area (Å²) in [5.74, 6) is -0.0868. The number of nitrogens with one attached hydrogen (secondary N) is 1. The van der Waals surface area contributed by atoms with Gasteiger partial charge in [0.15, 0.2) is 5.13 Å². The van der Waals surface area contributed by atoms with Crippen molar-refractivity contribution in [2.75, 3.05) is 5.32 Å². The maximum absolute atomic E-state index is 12.2. The van der Waals surface area contributed by atoms with Crippen LogP contribution in [0.1, 0.15) is 17.0 Å². The van der Waals surface area contributed by atoms with Crippen LogP contribution in [-0.2, 0) is 18.3 Å². The molecule has 0 saturated carbocycles. The van der Waals surface area contributed by atoms with Crippen LogP contribution in [0, 0.1) is 13.8 Å². The van der Waals surface area contributed by atoms with Crippen molar-refractivity contribution in [3.05, 3.63) is 46.9 Å². The minimum absolute atomic E-state index is 0.0868. The Morgan fingerprint density at radius 2 is 2.22 bits per heavy atom. The molecule has 3 aromatic rings. The van der Waals surface area contributed by atoms with Crippen LogP contribution in [0.2, 0.25) is 0 Å². The average Bonchev–Trinajstić information content (AvgIpc) is 3.09. The van der Waals surface area contributed by atoms with Gasteiger partial charge < -0.3 is 5.32 Å². The van der Waals surface area contributed by atoms with E-state index in [1.165, 1.54) is 11.3 Å². The fourth-order valence-corrected chi connectivity index (χ4v) is 3.11. The molecule has 3 heterocycles. The SMILES string of the molecule is Cc1nn(C)c(C)c1CC(=O)Nc1nc(-c2cccnc2)cs1.